The molecular formula is C12H19N3O3. The van der Waals surface area contributed by atoms with E-state index >= 15 is 0 Å². The summed E-state index contributed by atoms with van der Waals surface area (Å²) >= 11 is 0. The monoisotopic (exact) mass is 253 g/mol. The lowest BCUT2D eigenvalue weighted by molar-refractivity contribution is 0.0693. The highest BCUT2D eigenvalue weighted by Crippen LogP contribution is 2.18. The fraction of sp³-hybridized carbons (Fsp3) is 0.667. The molecule has 1 atom stereocenters. The van der Waals surface area contributed by atoms with Crippen molar-refractivity contribution in [2.75, 3.05) is 33.8 Å². The van der Waals surface area contributed by atoms with Crippen LogP contribution in [-0.2, 0) is 0 Å². The van der Waals surface area contributed by atoms with Crippen molar-refractivity contribution in [3.63, 3.8) is 0 Å². The number of likely N-dealkylation sites (N-methyl/N-ethyl adjacent to an activating group) is 2. The first-order chi connectivity index (χ1) is 8.65. The number of carbonyl (C=O) groups is 1. The van der Waals surface area contributed by atoms with Crippen LogP contribution in [0.25, 0.3) is 0 Å². The summed E-state index contributed by atoms with van der Waals surface area (Å²) in [7, 11) is 3.30. The third kappa shape index (κ3) is 2.48. The number of hydrogen-bond donors (Lipinski definition) is 0. The molecule has 1 aliphatic rings. The molecule has 6 nitrogen and oxygen atoms in total. The van der Waals surface area contributed by atoms with E-state index in [4.69, 9.17) is 9.26 Å². The first-order valence-electron chi connectivity index (χ1n) is 6.16. The molecule has 0 aliphatic carbocycles. The smallest absolute Gasteiger partial charge is 0.292 e. The van der Waals surface area contributed by atoms with Crippen molar-refractivity contribution in [3.05, 3.63) is 11.8 Å². The molecule has 0 radical (unpaired) electrons. The van der Waals surface area contributed by atoms with Crippen LogP contribution in [0.15, 0.2) is 10.6 Å². The minimum absolute atomic E-state index is 0.145. The van der Waals surface area contributed by atoms with Crippen molar-refractivity contribution in [2.45, 2.75) is 19.4 Å². The maximum absolute atomic E-state index is 12.2. The number of rotatable bonds is 4. The molecule has 2 heterocycles. The normalized spacial score (nSPS) is 20.1. The molecule has 2 rings (SSSR count). The second-order valence-corrected chi connectivity index (χ2v) is 4.49. The Morgan fingerprint density at radius 3 is 3.06 bits per heavy atom. The van der Waals surface area contributed by atoms with Gasteiger partial charge in [-0.25, -0.2) is 0 Å². The maximum atomic E-state index is 12.2. The molecule has 1 fully saturated rings. The molecule has 1 saturated heterocycles. The van der Waals surface area contributed by atoms with E-state index in [1.54, 1.807) is 11.9 Å². The molecular weight excluding hydrogens is 234 g/mol. The summed E-state index contributed by atoms with van der Waals surface area (Å²) < 4.78 is 9.87. The summed E-state index contributed by atoms with van der Waals surface area (Å²) in [5.74, 6) is 0.409. The van der Waals surface area contributed by atoms with Gasteiger partial charge in [-0.15, -0.1) is 0 Å². The number of aromatic nitrogens is 1. The van der Waals surface area contributed by atoms with Gasteiger partial charge in [-0.1, -0.05) is 6.92 Å². The van der Waals surface area contributed by atoms with Gasteiger partial charge in [0.15, 0.2) is 0 Å². The van der Waals surface area contributed by atoms with Crippen LogP contribution < -0.4 is 4.74 Å². The molecule has 1 amide bonds. The van der Waals surface area contributed by atoms with E-state index in [0.29, 0.717) is 5.88 Å². The fourth-order valence-corrected chi connectivity index (χ4v) is 2.21. The SMILES string of the molecule is CCN1CC[C@H](N(C)C(=O)c2cc(OC)no2)C1. The number of hydrogen-bond acceptors (Lipinski definition) is 5. The van der Waals surface area contributed by atoms with Gasteiger partial charge in [0.25, 0.3) is 11.8 Å². The topological polar surface area (TPSA) is 58.8 Å². The summed E-state index contributed by atoms with van der Waals surface area (Å²) in [4.78, 5) is 16.2. The van der Waals surface area contributed by atoms with E-state index in [0.717, 1.165) is 26.1 Å². The standard InChI is InChI=1S/C12H19N3O3/c1-4-15-6-5-9(8-15)14(2)12(16)10-7-11(17-3)13-18-10/h7,9H,4-6,8H2,1-3H3/t9-/m0/s1. The summed E-state index contributed by atoms with van der Waals surface area (Å²) in [6, 6.07) is 1.76. The second-order valence-electron chi connectivity index (χ2n) is 4.49. The molecule has 0 unspecified atom stereocenters. The molecule has 0 spiro atoms. The Balaban J connectivity index is 2.00. The molecule has 6 heteroatoms. The molecule has 18 heavy (non-hydrogen) atoms. The Bertz CT molecular complexity index is 418. The van der Waals surface area contributed by atoms with E-state index in [1.807, 2.05) is 0 Å². The highest BCUT2D eigenvalue weighted by molar-refractivity contribution is 5.91. The lowest BCUT2D eigenvalue weighted by Gasteiger charge is -2.23. The Morgan fingerprint density at radius 2 is 2.50 bits per heavy atom. The molecule has 0 bridgehead atoms. The van der Waals surface area contributed by atoms with Gasteiger partial charge in [0.05, 0.1) is 13.2 Å². The van der Waals surface area contributed by atoms with Gasteiger partial charge < -0.3 is 19.1 Å². The van der Waals surface area contributed by atoms with Crippen LogP contribution in [0.1, 0.15) is 23.9 Å². The van der Waals surface area contributed by atoms with Crippen molar-refractivity contribution in [2.24, 2.45) is 0 Å². The summed E-state index contributed by atoms with van der Waals surface area (Å²) in [5.41, 5.74) is 0. The lowest BCUT2D eigenvalue weighted by atomic mass is 10.2. The predicted octanol–water partition coefficient (Wildman–Crippen LogP) is 0.849. The predicted molar refractivity (Wildman–Crippen MR) is 65.7 cm³/mol. The van der Waals surface area contributed by atoms with E-state index in [2.05, 4.69) is 17.0 Å². The van der Waals surface area contributed by atoms with Crippen molar-refractivity contribution in [1.29, 1.82) is 0 Å². The van der Waals surface area contributed by atoms with Crippen LogP contribution in [0.3, 0.4) is 0 Å². The summed E-state index contributed by atoms with van der Waals surface area (Å²) in [6.45, 7) is 5.11. The zero-order chi connectivity index (χ0) is 13.1. The Morgan fingerprint density at radius 1 is 1.72 bits per heavy atom. The zero-order valence-corrected chi connectivity index (χ0v) is 11.0. The second kappa shape index (κ2) is 5.39. The average molecular weight is 253 g/mol. The van der Waals surface area contributed by atoms with Crippen LogP contribution >= 0.6 is 0 Å². The lowest BCUT2D eigenvalue weighted by Crippen LogP contribution is -2.38. The first-order valence-corrected chi connectivity index (χ1v) is 6.16. The van der Waals surface area contributed by atoms with E-state index in [9.17, 15) is 4.79 Å². The Hall–Kier alpha value is -1.56. The van der Waals surface area contributed by atoms with E-state index < -0.39 is 0 Å². The van der Waals surface area contributed by atoms with Crippen LogP contribution in [0.4, 0.5) is 0 Å². The number of nitrogens with zero attached hydrogens (tertiary/aromatic N) is 3. The number of ether oxygens (including phenoxy) is 1. The van der Waals surface area contributed by atoms with Crippen molar-refractivity contribution < 1.29 is 14.1 Å². The van der Waals surface area contributed by atoms with Crippen molar-refractivity contribution >= 4 is 5.91 Å². The fourth-order valence-electron chi connectivity index (χ4n) is 2.21. The number of likely N-dealkylation sites (tertiary alicyclic amines) is 1. The minimum atomic E-state index is -0.145. The highest BCUT2D eigenvalue weighted by Gasteiger charge is 2.29. The van der Waals surface area contributed by atoms with Crippen LogP contribution in [0.2, 0.25) is 0 Å². The van der Waals surface area contributed by atoms with Crippen LogP contribution in [-0.4, -0.2) is 60.7 Å². The average Bonchev–Trinajstić information content (AvgIpc) is 3.05. The van der Waals surface area contributed by atoms with Gasteiger partial charge in [0.2, 0.25) is 5.76 Å². The molecule has 1 aliphatic heterocycles. The van der Waals surface area contributed by atoms with Crippen LogP contribution in [0.5, 0.6) is 5.88 Å². The van der Waals surface area contributed by atoms with Gasteiger partial charge in [-0.3, -0.25) is 4.79 Å². The van der Waals surface area contributed by atoms with Gasteiger partial charge >= 0.3 is 0 Å². The van der Waals surface area contributed by atoms with Gasteiger partial charge in [-0.2, -0.15) is 0 Å². The molecule has 1 aromatic rings. The van der Waals surface area contributed by atoms with E-state index in [1.165, 1.54) is 13.2 Å². The quantitative estimate of drug-likeness (QED) is 0.796. The van der Waals surface area contributed by atoms with Gasteiger partial charge in [0, 0.05) is 26.2 Å². The first kappa shape index (κ1) is 12.9. The third-order valence-electron chi connectivity index (χ3n) is 3.47. The van der Waals surface area contributed by atoms with Crippen molar-refractivity contribution in [3.8, 4) is 5.88 Å². The Kier molecular flexibility index (Phi) is 3.86. The highest BCUT2D eigenvalue weighted by atomic mass is 16.5. The zero-order valence-electron chi connectivity index (χ0n) is 11.0. The molecule has 1 aromatic heterocycles. The summed E-state index contributed by atoms with van der Waals surface area (Å²) in [5, 5.41) is 3.64. The molecule has 100 valence electrons. The Labute approximate surface area is 106 Å². The number of carbonyl (C=O) groups excluding carboxylic acids is 1. The third-order valence-corrected chi connectivity index (χ3v) is 3.47. The van der Waals surface area contributed by atoms with E-state index in [-0.39, 0.29) is 17.7 Å². The van der Waals surface area contributed by atoms with Crippen molar-refractivity contribution in [1.82, 2.24) is 15.0 Å². The number of methoxy groups -OCH3 is 1. The number of amides is 1. The molecule has 0 N–H and O–H groups in total. The van der Waals surface area contributed by atoms with Gasteiger partial charge in [0.1, 0.15) is 0 Å². The van der Waals surface area contributed by atoms with Crippen LogP contribution in [0, 0.1) is 0 Å². The molecule has 0 aromatic carbocycles. The molecule has 0 saturated carbocycles. The maximum Gasteiger partial charge on any atom is 0.292 e. The largest absolute Gasteiger partial charge is 0.479 e. The minimum Gasteiger partial charge on any atom is -0.479 e. The van der Waals surface area contributed by atoms with Gasteiger partial charge in [-0.05, 0) is 18.1 Å². The summed E-state index contributed by atoms with van der Waals surface area (Å²) in [6.07, 6.45) is 1.00.